The van der Waals surface area contributed by atoms with Crippen LogP contribution in [0.3, 0.4) is 0 Å². The van der Waals surface area contributed by atoms with Crippen molar-refractivity contribution in [2.45, 2.75) is 52.5 Å². The van der Waals surface area contributed by atoms with Crippen molar-refractivity contribution in [1.82, 2.24) is 10.2 Å². The van der Waals surface area contributed by atoms with E-state index >= 15 is 0 Å². The summed E-state index contributed by atoms with van der Waals surface area (Å²) in [6, 6.07) is 5.15. The van der Waals surface area contributed by atoms with Gasteiger partial charge in [-0.1, -0.05) is 25.4 Å². The number of hydrogen-bond acceptors (Lipinski definition) is 3. The molecule has 2 fully saturated rings. The fourth-order valence-electron chi connectivity index (χ4n) is 4.48. The van der Waals surface area contributed by atoms with Crippen molar-refractivity contribution < 1.29 is 9.59 Å². The molecule has 154 valence electrons. The predicted octanol–water partition coefficient (Wildman–Crippen LogP) is 3.95. The maximum atomic E-state index is 13.0. The van der Waals surface area contributed by atoms with Crippen LogP contribution in [0, 0.1) is 11.8 Å². The van der Waals surface area contributed by atoms with Gasteiger partial charge in [-0.2, -0.15) is 0 Å². The van der Waals surface area contributed by atoms with Gasteiger partial charge in [-0.15, -0.1) is 0 Å². The van der Waals surface area contributed by atoms with Crippen LogP contribution in [0.25, 0.3) is 0 Å². The molecule has 1 aromatic carbocycles. The van der Waals surface area contributed by atoms with E-state index in [9.17, 15) is 9.59 Å². The van der Waals surface area contributed by atoms with Gasteiger partial charge in [0, 0.05) is 43.2 Å². The minimum atomic E-state index is -0.155. The Labute approximate surface area is 173 Å². The minimum absolute atomic E-state index is 0.0490. The molecular weight excluding hydrogens is 374 g/mol. The van der Waals surface area contributed by atoms with Gasteiger partial charge in [0.1, 0.15) is 0 Å². The van der Waals surface area contributed by atoms with Crippen LogP contribution in [0.5, 0.6) is 0 Å². The third-order valence-electron chi connectivity index (χ3n) is 5.98. The number of nitrogens with one attached hydrogen (secondary N) is 1. The van der Waals surface area contributed by atoms with Crippen molar-refractivity contribution in [1.29, 1.82) is 0 Å². The van der Waals surface area contributed by atoms with Crippen molar-refractivity contribution in [3.05, 3.63) is 28.8 Å². The van der Waals surface area contributed by atoms with Crippen LogP contribution >= 0.6 is 11.6 Å². The summed E-state index contributed by atoms with van der Waals surface area (Å²) in [7, 11) is 0. The van der Waals surface area contributed by atoms with Gasteiger partial charge in [-0.3, -0.25) is 14.5 Å². The van der Waals surface area contributed by atoms with Crippen molar-refractivity contribution in [3.8, 4) is 0 Å². The second-order valence-corrected chi connectivity index (χ2v) is 9.59. The number of carbonyl (C=O) groups excluding carboxylic acids is 2. The molecule has 1 N–H and O–H groups in total. The molecule has 0 aliphatic carbocycles. The largest absolute Gasteiger partial charge is 0.350 e. The molecular formula is C22H32ClN3O2. The van der Waals surface area contributed by atoms with E-state index in [0.717, 1.165) is 19.5 Å². The molecule has 5 nitrogen and oxygen atoms in total. The lowest BCUT2D eigenvalue weighted by atomic mass is 9.88. The highest BCUT2D eigenvalue weighted by Gasteiger charge is 2.33. The average Bonchev–Trinajstić information content (AvgIpc) is 3.04. The average molecular weight is 406 g/mol. The van der Waals surface area contributed by atoms with Gasteiger partial charge in [0.2, 0.25) is 5.91 Å². The summed E-state index contributed by atoms with van der Waals surface area (Å²) in [5.74, 6) is 1.23. The lowest BCUT2D eigenvalue weighted by Crippen LogP contribution is -2.56. The van der Waals surface area contributed by atoms with Crippen molar-refractivity contribution >= 4 is 29.1 Å². The van der Waals surface area contributed by atoms with Crippen LogP contribution < -0.4 is 10.2 Å². The van der Waals surface area contributed by atoms with Crippen LogP contribution in [0.1, 0.15) is 57.3 Å². The number of likely N-dealkylation sites (tertiary alicyclic amines) is 1. The third-order valence-corrected chi connectivity index (χ3v) is 6.21. The van der Waals surface area contributed by atoms with Crippen LogP contribution in [-0.4, -0.2) is 48.4 Å². The molecule has 0 saturated carbocycles. The van der Waals surface area contributed by atoms with E-state index < -0.39 is 0 Å². The molecule has 2 atom stereocenters. The van der Waals surface area contributed by atoms with Crippen LogP contribution in [0.4, 0.5) is 5.69 Å². The molecule has 0 spiro atoms. The lowest BCUT2D eigenvalue weighted by Gasteiger charge is -2.45. The summed E-state index contributed by atoms with van der Waals surface area (Å²) in [5.41, 5.74) is 0.996. The third kappa shape index (κ3) is 4.69. The molecule has 2 heterocycles. The zero-order valence-corrected chi connectivity index (χ0v) is 18.2. The SMILES string of the molecule is CC1CC(C)CN(C(C)(C)CNC(=O)c2ccc(Cl)cc2N2CCCC2=O)C1. The van der Waals surface area contributed by atoms with Gasteiger partial charge in [0.05, 0.1) is 11.3 Å². The summed E-state index contributed by atoms with van der Waals surface area (Å²) in [6.07, 6.45) is 2.59. The molecule has 0 bridgehead atoms. The number of carbonyl (C=O) groups is 2. The molecule has 6 heteroatoms. The molecule has 28 heavy (non-hydrogen) atoms. The smallest absolute Gasteiger partial charge is 0.253 e. The lowest BCUT2D eigenvalue weighted by molar-refractivity contribution is -0.117. The molecule has 3 rings (SSSR count). The quantitative estimate of drug-likeness (QED) is 0.806. The van der Waals surface area contributed by atoms with Gasteiger partial charge in [0.25, 0.3) is 5.91 Å². The highest BCUT2D eigenvalue weighted by atomic mass is 35.5. The van der Waals surface area contributed by atoms with E-state index in [4.69, 9.17) is 11.6 Å². The molecule has 1 aromatic rings. The maximum Gasteiger partial charge on any atom is 0.253 e. The van der Waals surface area contributed by atoms with E-state index in [1.807, 2.05) is 0 Å². The van der Waals surface area contributed by atoms with Crippen LogP contribution in [-0.2, 0) is 4.79 Å². The van der Waals surface area contributed by atoms with Gasteiger partial charge in [-0.05, 0) is 56.7 Å². The summed E-state index contributed by atoms with van der Waals surface area (Å²) >= 11 is 6.15. The van der Waals surface area contributed by atoms with Crippen molar-refractivity contribution in [2.24, 2.45) is 11.8 Å². The highest BCUT2D eigenvalue weighted by Crippen LogP contribution is 2.30. The Balaban J connectivity index is 1.72. The molecule has 2 aliphatic rings. The zero-order valence-electron chi connectivity index (χ0n) is 17.4. The standard InChI is InChI=1S/C22H32ClN3O2/c1-15-10-16(2)13-25(12-15)22(3,4)14-24-21(28)18-8-7-17(23)11-19(18)26-9-5-6-20(26)27/h7-8,11,15-16H,5-6,9-10,12-14H2,1-4H3,(H,24,28). The van der Waals surface area contributed by atoms with Gasteiger partial charge >= 0.3 is 0 Å². The number of hydrogen-bond donors (Lipinski definition) is 1. The first-order valence-corrected chi connectivity index (χ1v) is 10.7. The summed E-state index contributed by atoms with van der Waals surface area (Å²) in [4.78, 5) is 29.3. The Morgan fingerprint density at radius 1 is 1.25 bits per heavy atom. The first-order chi connectivity index (χ1) is 13.2. The number of benzene rings is 1. The molecule has 2 unspecified atom stereocenters. The van der Waals surface area contributed by atoms with E-state index in [0.29, 0.717) is 47.6 Å². The van der Waals surface area contributed by atoms with Gasteiger partial charge in [0.15, 0.2) is 0 Å². The number of rotatable bonds is 5. The minimum Gasteiger partial charge on any atom is -0.350 e. The predicted molar refractivity (Wildman–Crippen MR) is 114 cm³/mol. The molecule has 0 radical (unpaired) electrons. The number of anilines is 1. The van der Waals surface area contributed by atoms with E-state index in [-0.39, 0.29) is 17.4 Å². The monoisotopic (exact) mass is 405 g/mol. The Morgan fingerprint density at radius 2 is 1.93 bits per heavy atom. The van der Waals surface area contributed by atoms with Gasteiger partial charge < -0.3 is 10.2 Å². The Morgan fingerprint density at radius 3 is 2.54 bits per heavy atom. The highest BCUT2D eigenvalue weighted by molar-refractivity contribution is 6.31. The van der Waals surface area contributed by atoms with E-state index in [1.54, 1.807) is 23.1 Å². The number of amides is 2. The fourth-order valence-corrected chi connectivity index (χ4v) is 4.65. The first-order valence-electron chi connectivity index (χ1n) is 10.3. The van der Waals surface area contributed by atoms with Gasteiger partial charge in [-0.25, -0.2) is 0 Å². The first kappa shape index (κ1) is 21.1. The van der Waals surface area contributed by atoms with Crippen molar-refractivity contribution in [3.63, 3.8) is 0 Å². The second kappa shape index (κ2) is 8.42. The fraction of sp³-hybridized carbons (Fsp3) is 0.636. The summed E-state index contributed by atoms with van der Waals surface area (Å²) < 4.78 is 0. The number of halogens is 1. The maximum absolute atomic E-state index is 13.0. The molecule has 2 amide bonds. The Hall–Kier alpha value is -1.59. The topological polar surface area (TPSA) is 52.7 Å². The number of piperidine rings is 1. The van der Waals surface area contributed by atoms with Crippen LogP contribution in [0.15, 0.2) is 18.2 Å². The van der Waals surface area contributed by atoms with Crippen LogP contribution in [0.2, 0.25) is 5.02 Å². The Bertz CT molecular complexity index is 739. The normalized spacial score (nSPS) is 23.9. The second-order valence-electron chi connectivity index (χ2n) is 9.16. The van der Waals surface area contributed by atoms with E-state index in [1.165, 1.54) is 6.42 Å². The zero-order chi connectivity index (χ0) is 20.5. The Kier molecular flexibility index (Phi) is 6.35. The summed E-state index contributed by atoms with van der Waals surface area (Å²) in [5, 5.41) is 3.63. The van der Waals surface area contributed by atoms with Crippen molar-refractivity contribution in [2.75, 3.05) is 31.1 Å². The number of nitrogens with zero attached hydrogens (tertiary/aromatic N) is 2. The molecule has 2 aliphatic heterocycles. The molecule has 0 aromatic heterocycles. The molecule has 2 saturated heterocycles. The van der Waals surface area contributed by atoms with E-state index in [2.05, 4.69) is 37.9 Å². The summed E-state index contributed by atoms with van der Waals surface area (Å²) in [6.45, 7) is 12.3.